The molecule has 1 aromatic rings. The van der Waals surface area contributed by atoms with Crippen molar-refractivity contribution in [1.29, 1.82) is 5.26 Å². The van der Waals surface area contributed by atoms with E-state index >= 15 is 0 Å². The molecule has 14 heavy (non-hydrogen) atoms. The summed E-state index contributed by atoms with van der Waals surface area (Å²) in [5.74, 6) is 0.411. The van der Waals surface area contributed by atoms with Gasteiger partial charge in [-0.05, 0) is 24.3 Å². The Morgan fingerprint density at radius 3 is 2.64 bits per heavy atom. The van der Waals surface area contributed by atoms with Crippen molar-refractivity contribution in [2.45, 2.75) is 0 Å². The molecular weight excluding hydrogens is 178 g/mol. The van der Waals surface area contributed by atoms with Gasteiger partial charge in [0.1, 0.15) is 6.67 Å². The maximum absolute atomic E-state index is 8.61. The number of nitrogens with two attached hydrogens (primary N) is 1. The number of hydrogen-bond acceptors (Lipinski definition) is 5. The summed E-state index contributed by atoms with van der Waals surface area (Å²) in [5, 5.41) is 10.4. The van der Waals surface area contributed by atoms with Crippen molar-refractivity contribution >= 4 is 11.6 Å². The number of nitrogens with one attached hydrogen (secondary N) is 1. The second kappa shape index (κ2) is 3.26. The minimum absolute atomic E-state index is 0.411. The molecular formula is C9H9N5. The summed E-state index contributed by atoms with van der Waals surface area (Å²) in [5.41, 5.74) is 9.93. The first kappa shape index (κ1) is 8.38. The largest absolute Gasteiger partial charge is 0.369 e. The van der Waals surface area contributed by atoms with E-state index in [4.69, 9.17) is 11.0 Å². The highest BCUT2D eigenvalue weighted by Crippen LogP contribution is 2.14. The van der Waals surface area contributed by atoms with Crippen LogP contribution in [0.3, 0.4) is 0 Å². The number of anilines is 1. The molecule has 0 spiro atoms. The minimum Gasteiger partial charge on any atom is -0.369 e. The molecule has 0 aliphatic carbocycles. The fraction of sp³-hybridized carbons (Fsp3) is 0.111. The van der Waals surface area contributed by atoms with Gasteiger partial charge in [0.2, 0.25) is 5.96 Å². The van der Waals surface area contributed by atoms with Gasteiger partial charge >= 0.3 is 0 Å². The zero-order valence-corrected chi connectivity index (χ0v) is 7.44. The van der Waals surface area contributed by atoms with Gasteiger partial charge < -0.3 is 5.73 Å². The maximum Gasteiger partial charge on any atom is 0.209 e. The van der Waals surface area contributed by atoms with Gasteiger partial charge in [-0.3, -0.25) is 10.4 Å². The Balaban J connectivity index is 2.15. The van der Waals surface area contributed by atoms with Gasteiger partial charge in [0, 0.05) is 0 Å². The van der Waals surface area contributed by atoms with Gasteiger partial charge in [0.05, 0.1) is 17.3 Å². The molecule has 0 bridgehead atoms. The SMILES string of the molecule is N#Cc1ccc(N2CN=C(N)N2)cc1. The zero-order chi connectivity index (χ0) is 9.97. The molecule has 1 aliphatic rings. The highest BCUT2D eigenvalue weighted by Gasteiger charge is 2.11. The van der Waals surface area contributed by atoms with Crippen LogP contribution in [0, 0.1) is 11.3 Å². The Kier molecular flexibility index (Phi) is 1.95. The normalized spacial score (nSPS) is 14.5. The molecule has 1 aliphatic heterocycles. The van der Waals surface area contributed by atoms with Crippen molar-refractivity contribution in [3.63, 3.8) is 0 Å². The van der Waals surface area contributed by atoms with Crippen molar-refractivity contribution < 1.29 is 0 Å². The lowest BCUT2D eigenvalue weighted by molar-refractivity contribution is 0.839. The number of benzene rings is 1. The molecule has 0 aromatic heterocycles. The van der Waals surface area contributed by atoms with Gasteiger partial charge in [-0.2, -0.15) is 5.26 Å². The van der Waals surface area contributed by atoms with Crippen LogP contribution in [-0.2, 0) is 0 Å². The maximum atomic E-state index is 8.61. The lowest BCUT2D eigenvalue weighted by Gasteiger charge is -2.17. The molecule has 5 nitrogen and oxygen atoms in total. The number of guanidine groups is 1. The van der Waals surface area contributed by atoms with E-state index in [9.17, 15) is 0 Å². The van der Waals surface area contributed by atoms with Crippen molar-refractivity contribution in [2.75, 3.05) is 11.7 Å². The van der Waals surface area contributed by atoms with Gasteiger partial charge in [-0.25, -0.2) is 4.99 Å². The lowest BCUT2D eigenvalue weighted by atomic mass is 10.2. The van der Waals surface area contributed by atoms with Crippen LogP contribution in [0.4, 0.5) is 5.69 Å². The van der Waals surface area contributed by atoms with E-state index in [-0.39, 0.29) is 0 Å². The van der Waals surface area contributed by atoms with Crippen LogP contribution >= 0.6 is 0 Å². The molecule has 0 fully saturated rings. The fourth-order valence-electron chi connectivity index (χ4n) is 1.22. The van der Waals surface area contributed by atoms with Crippen molar-refractivity contribution in [1.82, 2.24) is 5.43 Å². The second-order valence-electron chi connectivity index (χ2n) is 2.88. The molecule has 0 amide bonds. The number of hydrogen-bond donors (Lipinski definition) is 2. The molecule has 1 heterocycles. The van der Waals surface area contributed by atoms with E-state index < -0.39 is 0 Å². The Bertz CT molecular complexity index is 400. The van der Waals surface area contributed by atoms with Crippen LogP contribution < -0.4 is 16.2 Å². The summed E-state index contributed by atoms with van der Waals surface area (Å²) in [7, 11) is 0. The lowest BCUT2D eigenvalue weighted by Crippen LogP contribution is -2.39. The molecule has 5 heteroatoms. The molecule has 2 rings (SSSR count). The summed E-state index contributed by atoms with van der Waals surface area (Å²) < 4.78 is 0. The smallest absolute Gasteiger partial charge is 0.209 e. The highest BCUT2D eigenvalue weighted by molar-refractivity contribution is 5.81. The first-order chi connectivity index (χ1) is 6.79. The van der Waals surface area contributed by atoms with Crippen molar-refractivity contribution in [3.05, 3.63) is 29.8 Å². The molecule has 3 N–H and O–H groups in total. The molecule has 0 radical (unpaired) electrons. The Hall–Kier alpha value is -2.22. The summed E-state index contributed by atoms with van der Waals surface area (Å²) in [6.07, 6.45) is 0. The Morgan fingerprint density at radius 1 is 1.43 bits per heavy atom. The molecule has 70 valence electrons. The van der Waals surface area contributed by atoms with E-state index in [1.165, 1.54) is 0 Å². The number of aliphatic imine (C=N–C) groups is 1. The van der Waals surface area contributed by atoms with Crippen LogP contribution in [-0.4, -0.2) is 12.6 Å². The van der Waals surface area contributed by atoms with Gasteiger partial charge in [-0.15, -0.1) is 0 Å². The van der Waals surface area contributed by atoms with Crippen LogP contribution in [0.25, 0.3) is 0 Å². The zero-order valence-electron chi connectivity index (χ0n) is 7.44. The summed E-state index contributed by atoms with van der Waals surface area (Å²) in [6.45, 7) is 0.498. The quantitative estimate of drug-likeness (QED) is 0.656. The molecule has 0 atom stereocenters. The van der Waals surface area contributed by atoms with E-state index in [2.05, 4.69) is 16.5 Å². The molecule has 1 aromatic carbocycles. The molecule has 0 saturated heterocycles. The van der Waals surface area contributed by atoms with Gasteiger partial charge in [0.25, 0.3) is 0 Å². The topological polar surface area (TPSA) is 77.4 Å². The Labute approximate surface area is 81.4 Å². The predicted octanol–water partition coefficient (Wildman–Crippen LogP) is 0.155. The predicted molar refractivity (Wildman–Crippen MR) is 53.3 cm³/mol. The Morgan fingerprint density at radius 2 is 2.14 bits per heavy atom. The van der Waals surface area contributed by atoms with Gasteiger partial charge in [0.15, 0.2) is 0 Å². The minimum atomic E-state index is 0.411. The summed E-state index contributed by atoms with van der Waals surface area (Å²) in [4.78, 5) is 3.98. The van der Waals surface area contributed by atoms with E-state index in [0.717, 1.165) is 5.69 Å². The van der Waals surface area contributed by atoms with E-state index in [1.807, 2.05) is 12.1 Å². The standard InChI is InChI=1S/C9H9N5/c10-5-7-1-3-8(4-2-7)14-6-12-9(11)13-14/h1-4H,6H2,(H3,11,12,13). The van der Waals surface area contributed by atoms with Crippen molar-refractivity contribution in [3.8, 4) is 6.07 Å². The number of rotatable bonds is 1. The first-order valence-corrected chi connectivity index (χ1v) is 4.14. The molecule has 0 saturated carbocycles. The monoisotopic (exact) mass is 187 g/mol. The number of nitrogens with zero attached hydrogens (tertiary/aromatic N) is 3. The average Bonchev–Trinajstić information content (AvgIpc) is 2.65. The van der Waals surface area contributed by atoms with Gasteiger partial charge in [-0.1, -0.05) is 0 Å². The van der Waals surface area contributed by atoms with E-state index in [0.29, 0.717) is 18.2 Å². The third-order valence-electron chi connectivity index (χ3n) is 1.94. The van der Waals surface area contributed by atoms with Crippen molar-refractivity contribution in [2.24, 2.45) is 10.7 Å². The first-order valence-electron chi connectivity index (χ1n) is 4.14. The highest BCUT2D eigenvalue weighted by atomic mass is 15.6. The fourth-order valence-corrected chi connectivity index (χ4v) is 1.22. The van der Waals surface area contributed by atoms with Crippen LogP contribution in [0.1, 0.15) is 5.56 Å². The number of hydrazine groups is 1. The third-order valence-corrected chi connectivity index (χ3v) is 1.94. The number of nitriles is 1. The van der Waals surface area contributed by atoms with E-state index in [1.54, 1.807) is 17.1 Å². The van der Waals surface area contributed by atoms with Crippen LogP contribution in [0.15, 0.2) is 29.3 Å². The summed E-state index contributed by atoms with van der Waals surface area (Å²) >= 11 is 0. The molecule has 0 unspecified atom stereocenters. The second-order valence-corrected chi connectivity index (χ2v) is 2.88. The third kappa shape index (κ3) is 1.45. The summed E-state index contributed by atoms with van der Waals surface area (Å²) in [6, 6.07) is 9.27. The van der Waals surface area contributed by atoms with Crippen LogP contribution in [0.2, 0.25) is 0 Å². The van der Waals surface area contributed by atoms with Crippen LogP contribution in [0.5, 0.6) is 0 Å². The average molecular weight is 187 g/mol.